The van der Waals surface area contributed by atoms with E-state index in [2.05, 4.69) is 58.6 Å². The number of aliphatic imine (C=N–C) groups is 1. The number of likely N-dealkylation sites (tertiary alicyclic amines) is 1. The van der Waals surface area contributed by atoms with Crippen LogP contribution in [0.4, 0.5) is 0 Å². The molecule has 3 atom stereocenters. The lowest BCUT2D eigenvalue weighted by molar-refractivity contribution is -0.133. The van der Waals surface area contributed by atoms with Crippen molar-refractivity contribution in [2.45, 2.75) is 65.5 Å². The number of hydrogen-bond acceptors (Lipinski definition) is 4. The number of morpholine rings is 1. The van der Waals surface area contributed by atoms with Gasteiger partial charge < -0.3 is 20.3 Å². The number of guanidine groups is 1. The molecular weight excluding hydrogens is 517 g/mol. The van der Waals surface area contributed by atoms with Crippen molar-refractivity contribution < 1.29 is 9.53 Å². The number of halogens is 1. The summed E-state index contributed by atoms with van der Waals surface area (Å²) in [5.41, 5.74) is 2.61. The van der Waals surface area contributed by atoms with Gasteiger partial charge >= 0.3 is 0 Å². The van der Waals surface area contributed by atoms with E-state index in [1.807, 2.05) is 18.7 Å². The maximum atomic E-state index is 12.2. The predicted molar refractivity (Wildman–Crippen MR) is 140 cm³/mol. The average molecular weight is 558 g/mol. The van der Waals surface area contributed by atoms with Crippen LogP contribution < -0.4 is 10.6 Å². The van der Waals surface area contributed by atoms with Crippen LogP contribution in [0.2, 0.25) is 0 Å². The van der Waals surface area contributed by atoms with Gasteiger partial charge in [0.2, 0.25) is 5.91 Å². The fraction of sp³-hybridized carbons (Fsp3) is 0.667. The highest BCUT2D eigenvalue weighted by atomic mass is 127. The van der Waals surface area contributed by atoms with E-state index >= 15 is 0 Å². The highest BCUT2D eigenvalue weighted by Gasteiger charge is 2.28. The summed E-state index contributed by atoms with van der Waals surface area (Å²) < 4.78 is 5.87. The largest absolute Gasteiger partial charge is 0.373 e. The predicted octanol–water partition coefficient (Wildman–Crippen LogP) is 2.84. The molecule has 0 aromatic heterocycles. The molecule has 0 saturated carbocycles. The quantitative estimate of drug-likeness (QED) is 0.320. The van der Waals surface area contributed by atoms with Crippen LogP contribution >= 0.6 is 24.0 Å². The minimum atomic E-state index is 0. The third-order valence-corrected chi connectivity index (χ3v) is 6.01. The molecule has 3 rings (SSSR count). The van der Waals surface area contributed by atoms with Crippen molar-refractivity contribution in [1.82, 2.24) is 20.4 Å². The Kier molecular flexibility index (Phi) is 10.7. The summed E-state index contributed by atoms with van der Waals surface area (Å²) in [5.74, 6) is 1.06. The summed E-state index contributed by atoms with van der Waals surface area (Å²) in [7, 11) is 1.80. The van der Waals surface area contributed by atoms with Crippen LogP contribution in [0, 0.1) is 5.92 Å². The van der Waals surface area contributed by atoms with Crippen molar-refractivity contribution in [2.24, 2.45) is 10.9 Å². The number of ether oxygens (including phenoxy) is 1. The lowest BCUT2D eigenvalue weighted by Gasteiger charge is -2.35. The van der Waals surface area contributed by atoms with Crippen LogP contribution in [0.5, 0.6) is 0 Å². The second-order valence-electron chi connectivity index (χ2n) is 9.21. The van der Waals surface area contributed by atoms with Crippen molar-refractivity contribution in [3.8, 4) is 0 Å². The molecule has 3 unspecified atom stereocenters. The number of carbonyl (C=O) groups is 1. The molecule has 2 saturated heterocycles. The van der Waals surface area contributed by atoms with E-state index in [1.54, 1.807) is 7.05 Å². The van der Waals surface area contributed by atoms with Gasteiger partial charge in [0.25, 0.3) is 0 Å². The molecule has 7 nitrogen and oxygen atoms in total. The number of nitrogens with one attached hydrogen (secondary N) is 2. The first-order valence-corrected chi connectivity index (χ1v) is 11.6. The molecule has 8 heteroatoms. The molecule has 0 radical (unpaired) electrons. The number of rotatable bonds is 6. The van der Waals surface area contributed by atoms with E-state index < -0.39 is 0 Å². The molecule has 1 aromatic carbocycles. The molecule has 2 heterocycles. The van der Waals surface area contributed by atoms with Crippen LogP contribution in [0.3, 0.4) is 0 Å². The molecule has 180 valence electrons. The Bertz CT molecular complexity index is 763. The molecule has 2 fully saturated rings. The van der Waals surface area contributed by atoms with Gasteiger partial charge in [-0.05, 0) is 31.4 Å². The summed E-state index contributed by atoms with van der Waals surface area (Å²) in [6.07, 6.45) is 1.49. The summed E-state index contributed by atoms with van der Waals surface area (Å²) in [5, 5.41) is 6.96. The standard InChI is InChI=1S/C24H39N5O2.HI/c1-17(2)23(30)29-11-10-22(16-29)27-24(25-5)26-12-20-8-6-7-9-21(20)15-28-13-18(3)31-19(4)14-28;/h6-9,17-19,22H,10-16H2,1-5H3,(H2,25,26,27);1H. The number of benzene rings is 1. The minimum Gasteiger partial charge on any atom is -0.373 e. The molecule has 1 aromatic rings. The Morgan fingerprint density at radius 1 is 1.16 bits per heavy atom. The lowest BCUT2D eigenvalue weighted by Crippen LogP contribution is -2.45. The second-order valence-corrected chi connectivity index (χ2v) is 9.21. The molecule has 2 N–H and O–H groups in total. The first kappa shape index (κ1) is 26.9. The second kappa shape index (κ2) is 12.7. The molecule has 32 heavy (non-hydrogen) atoms. The number of hydrogen-bond donors (Lipinski definition) is 2. The summed E-state index contributed by atoms with van der Waals surface area (Å²) in [6.45, 7) is 13.3. The van der Waals surface area contributed by atoms with Crippen molar-refractivity contribution in [2.75, 3.05) is 33.2 Å². The molecule has 2 aliphatic rings. The Morgan fingerprint density at radius 3 is 2.44 bits per heavy atom. The Labute approximate surface area is 210 Å². The molecular formula is C24H40IN5O2. The van der Waals surface area contributed by atoms with Crippen molar-refractivity contribution >= 4 is 35.8 Å². The van der Waals surface area contributed by atoms with Crippen molar-refractivity contribution in [1.29, 1.82) is 0 Å². The minimum absolute atomic E-state index is 0. The van der Waals surface area contributed by atoms with Gasteiger partial charge in [-0.15, -0.1) is 24.0 Å². The van der Waals surface area contributed by atoms with Crippen LogP contribution in [0.25, 0.3) is 0 Å². The summed E-state index contributed by atoms with van der Waals surface area (Å²) in [6, 6.07) is 8.83. The molecule has 1 amide bonds. The monoisotopic (exact) mass is 557 g/mol. The van der Waals surface area contributed by atoms with Gasteiger partial charge in [-0.3, -0.25) is 14.7 Å². The molecule has 0 bridgehead atoms. The van der Waals surface area contributed by atoms with E-state index in [9.17, 15) is 4.79 Å². The van der Waals surface area contributed by atoms with E-state index in [4.69, 9.17) is 4.74 Å². The fourth-order valence-corrected chi connectivity index (χ4v) is 4.55. The van der Waals surface area contributed by atoms with Gasteiger partial charge in [0, 0.05) is 58.3 Å². The summed E-state index contributed by atoms with van der Waals surface area (Å²) in [4.78, 5) is 21.1. The van der Waals surface area contributed by atoms with E-state index in [-0.39, 0.29) is 54.1 Å². The lowest BCUT2D eigenvalue weighted by atomic mass is 10.1. The van der Waals surface area contributed by atoms with E-state index in [1.165, 1.54) is 11.1 Å². The fourth-order valence-electron chi connectivity index (χ4n) is 4.55. The zero-order valence-corrected chi connectivity index (χ0v) is 22.5. The van der Waals surface area contributed by atoms with E-state index in [0.717, 1.165) is 45.1 Å². The van der Waals surface area contributed by atoms with Gasteiger partial charge in [0.05, 0.1) is 12.2 Å². The van der Waals surface area contributed by atoms with Crippen LogP contribution in [0.1, 0.15) is 45.2 Å². The first-order chi connectivity index (χ1) is 14.9. The van der Waals surface area contributed by atoms with Crippen LogP contribution in [0.15, 0.2) is 29.3 Å². The zero-order valence-electron chi connectivity index (χ0n) is 20.1. The van der Waals surface area contributed by atoms with Gasteiger partial charge in [-0.2, -0.15) is 0 Å². The molecule has 0 spiro atoms. The van der Waals surface area contributed by atoms with Gasteiger partial charge in [0.1, 0.15) is 0 Å². The molecule has 0 aliphatic carbocycles. The van der Waals surface area contributed by atoms with Gasteiger partial charge in [-0.1, -0.05) is 38.1 Å². The average Bonchev–Trinajstić information content (AvgIpc) is 3.19. The van der Waals surface area contributed by atoms with E-state index in [0.29, 0.717) is 6.54 Å². The SMILES string of the molecule is CN=C(NCc1ccccc1CN1CC(C)OC(C)C1)NC1CCN(C(=O)C(C)C)C1.I. The normalized spacial score (nSPS) is 24.4. The maximum absolute atomic E-state index is 12.2. The Balaban J connectivity index is 0.00000363. The Hall–Kier alpha value is -1.39. The number of carbonyl (C=O) groups excluding carboxylic acids is 1. The third kappa shape index (κ3) is 7.59. The Morgan fingerprint density at radius 2 is 1.81 bits per heavy atom. The smallest absolute Gasteiger partial charge is 0.225 e. The van der Waals surface area contributed by atoms with Crippen LogP contribution in [-0.2, 0) is 22.6 Å². The van der Waals surface area contributed by atoms with Crippen molar-refractivity contribution in [3.63, 3.8) is 0 Å². The van der Waals surface area contributed by atoms with Gasteiger partial charge in [0.15, 0.2) is 5.96 Å². The maximum Gasteiger partial charge on any atom is 0.225 e. The highest BCUT2D eigenvalue weighted by molar-refractivity contribution is 14.0. The van der Waals surface area contributed by atoms with Crippen LogP contribution in [-0.4, -0.2) is 73.1 Å². The number of nitrogens with zero attached hydrogens (tertiary/aromatic N) is 3. The zero-order chi connectivity index (χ0) is 22.4. The van der Waals surface area contributed by atoms with Crippen molar-refractivity contribution in [3.05, 3.63) is 35.4 Å². The number of amides is 1. The topological polar surface area (TPSA) is 69.2 Å². The third-order valence-electron chi connectivity index (χ3n) is 6.01. The highest BCUT2D eigenvalue weighted by Crippen LogP contribution is 2.17. The summed E-state index contributed by atoms with van der Waals surface area (Å²) >= 11 is 0. The molecule has 2 aliphatic heterocycles. The van der Waals surface area contributed by atoms with Gasteiger partial charge in [-0.25, -0.2) is 0 Å². The first-order valence-electron chi connectivity index (χ1n) is 11.6.